The summed E-state index contributed by atoms with van der Waals surface area (Å²) in [7, 11) is 0. The highest BCUT2D eigenvalue weighted by atomic mass is 79.9. The molecule has 0 saturated carbocycles. The van der Waals surface area contributed by atoms with Crippen molar-refractivity contribution in [3.8, 4) is 0 Å². The molecule has 1 nitrogen and oxygen atoms in total. The minimum absolute atomic E-state index is 0.112. The summed E-state index contributed by atoms with van der Waals surface area (Å²) in [5, 5.41) is -0.154. The summed E-state index contributed by atoms with van der Waals surface area (Å²) in [6.07, 6.45) is -0.419. The molecule has 0 unspecified atom stereocenters. The number of pyridine rings is 1. The maximum absolute atomic E-state index is 12.6. The third-order valence-corrected chi connectivity index (χ3v) is 1.36. The van der Waals surface area contributed by atoms with E-state index in [1.165, 1.54) is 0 Å². The highest BCUT2D eigenvalue weighted by molar-refractivity contribution is 9.10. The van der Waals surface area contributed by atoms with Gasteiger partial charge in [0.25, 0.3) is 0 Å². The Hall–Kier alpha value is -0.150. The summed E-state index contributed by atoms with van der Waals surface area (Å²) in [6.45, 7) is 0. The van der Waals surface area contributed by atoms with Crippen LogP contribution in [-0.4, -0.2) is 4.98 Å². The van der Waals surface area contributed by atoms with Gasteiger partial charge in [-0.1, -0.05) is 11.6 Å². The van der Waals surface area contributed by atoms with Gasteiger partial charge in [-0.25, -0.2) is 4.98 Å². The molecular formula is C5H2BrClFN. The maximum atomic E-state index is 12.6. The van der Waals surface area contributed by atoms with Gasteiger partial charge in [0.2, 0.25) is 5.95 Å². The van der Waals surface area contributed by atoms with Crippen LogP contribution in [0.4, 0.5) is 4.39 Å². The molecule has 0 atom stereocenters. The SMILES string of the molecule is [2H]c1nc(F)c(Br)c([2H])c1Cl. The molecule has 0 aromatic carbocycles. The van der Waals surface area contributed by atoms with Crippen LogP contribution in [0.25, 0.3) is 0 Å². The third kappa shape index (κ3) is 1.63. The van der Waals surface area contributed by atoms with Crippen molar-refractivity contribution < 1.29 is 7.13 Å². The largest absolute Gasteiger partial charge is 0.227 e. The minimum Gasteiger partial charge on any atom is -0.226 e. The van der Waals surface area contributed by atoms with Crippen molar-refractivity contribution in [2.24, 2.45) is 0 Å². The van der Waals surface area contributed by atoms with Crippen LogP contribution in [0.15, 0.2) is 16.7 Å². The van der Waals surface area contributed by atoms with Gasteiger partial charge in [-0.15, -0.1) is 0 Å². The van der Waals surface area contributed by atoms with Crippen LogP contribution in [0.2, 0.25) is 5.02 Å². The Morgan fingerprint density at radius 3 is 3.22 bits per heavy atom. The minimum atomic E-state index is -0.885. The van der Waals surface area contributed by atoms with Gasteiger partial charge < -0.3 is 0 Å². The second-order valence-electron chi connectivity index (χ2n) is 1.27. The van der Waals surface area contributed by atoms with E-state index in [-0.39, 0.29) is 15.5 Å². The van der Waals surface area contributed by atoms with Gasteiger partial charge in [-0.3, -0.25) is 0 Å². The molecule has 48 valence electrons. The van der Waals surface area contributed by atoms with Gasteiger partial charge in [0.1, 0.15) is 0 Å². The van der Waals surface area contributed by atoms with Crippen molar-refractivity contribution in [2.45, 2.75) is 0 Å². The van der Waals surface area contributed by atoms with Crippen LogP contribution in [0.3, 0.4) is 0 Å². The highest BCUT2D eigenvalue weighted by Crippen LogP contribution is 2.16. The smallest absolute Gasteiger partial charge is 0.226 e. The first-order chi connectivity index (χ1) is 5.04. The maximum Gasteiger partial charge on any atom is 0.227 e. The molecule has 1 heterocycles. The molecule has 0 radical (unpaired) electrons. The summed E-state index contributed by atoms with van der Waals surface area (Å²) in [6, 6.07) is -0.246. The molecule has 0 bridgehead atoms. The van der Waals surface area contributed by atoms with Crippen molar-refractivity contribution in [1.29, 1.82) is 0 Å². The molecule has 1 rings (SSSR count). The predicted octanol–water partition coefficient (Wildman–Crippen LogP) is 2.64. The molecule has 0 aliphatic rings. The lowest BCUT2D eigenvalue weighted by Gasteiger charge is -1.90. The Kier molecular flexibility index (Phi) is 1.35. The first-order valence-corrected chi connectivity index (χ1v) is 3.19. The third-order valence-electron chi connectivity index (χ3n) is 0.653. The fourth-order valence-corrected chi connectivity index (χ4v) is 0.861. The van der Waals surface area contributed by atoms with Crippen LogP contribution < -0.4 is 0 Å². The molecule has 0 amide bonds. The van der Waals surface area contributed by atoms with E-state index < -0.39 is 12.1 Å². The quantitative estimate of drug-likeness (QED) is 0.603. The second-order valence-corrected chi connectivity index (χ2v) is 2.44. The molecule has 0 spiro atoms. The number of rotatable bonds is 0. The standard InChI is InChI=1S/C5H2BrClFN/c6-4-1-3(7)2-9-5(4)8/h1-2H/i1D,2D. The van der Waals surface area contributed by atoms with E-state index in [4.69, 9.17) is 14.3 Å². The van der Waals surface area contributed by atoms with Crippen LogP contribution in [0.1, 0.15) is 2.74 Å². The summed E-state index contributed by atoms with van der Waals surface area (Å²) in [4.78, 5) is 3.13. The van der Waals surface area contributed by atoms with Crippen LogP contribution >= 0.6 is 27.5 Å². The summed E-state index contributed by atoms with van der Waals surface area (Å²) < 4.78 is 26.6. The van der Waals surface area contributed by atoms with Crippen molar-refractivity contribution in [3.63, 3.8) is 0 Å². The van der Waals surface area contributed by atoms with Crippen molar-refractivity contribution in [1.82, 2.24) is 4.98 Å². The predicted molar refractivity (Wildman–Crippen MR) is 36.9 cm³/mol. The Balaban J connectivity index is 3.46. The fraction of sp³-hybridized carbons (Fsp3) is 0. The molecule has 0 aliphatic heterocycles. The van der Waals surface area contributed by atoms with Gasteiger partial charge in [0, 0.05) is 6.17 Å². The normalized spacial score (nSPS) is 12.8. The number of nitrogens with zero attached hydrogens (tertiary/aromatic N) is 1. The summed E-state index contributed by atoms with van der Waals surface area (Å²) in [5.74, 6) is -0.885. The Morgan fingerprint density at radius 2 is 2.56 bits per heavy atom. The highest BCUT2D eigenvalue weighted by Gasteiger charge is 1.98. The molecule has 1 aromatic rings. The zero-order valence-corrected chi connectivity index (χ0v) is 6.42. The molecule has 1 aromatic heterocycles. The average Bonchev–Trinajstić information content (AvgIpc) is 1.97. The van der Waals surface area contributed by atoms with Crippen molar-refractivity contribution >= 4 is 27.5 Å². The molecular weight excluding hydrogens is 208 g/mol. The molecule has 9 heavy (non-hydrogen) atoms. The van der Waals surface area contributed by atoms with E-state index in [0.717, 1.165) is 0 Å². The van der Waals surface area contributed by atoms with Gasteiger partial charge in [0.15, 0.2) is 0 Å². The number of halogens is 3. The lowest BCUT2D eigenvalue weighted by Crippen LogP contribution is -1.81. The van der Waals surface area contributed by atoms with E-state index in [1.807, 2.05) is 0 Å². The fourth-order valence-electron chi connectivity index (χ4n) is 0.323. The number of hydrogen-bond acceptors (Lipinski definition) is 1. The summed E-state index contributed by atoms with van der Waals surface area (Å²) in [5.41, 5.74) is 0. The van der Waals surface area contributed by atoms with Crippen molar-refractivity contribution in [2.75, 3.05) is 0 Å². The van der Waals surface area contributed by atoms with E-state index in [9.17, 15) is 4.39 Å². The Bertz CT molecular complexity index is 281. The van der Waals surface area contributed by atoms with Gasteiger partial charge >= 0.3 is 0 Å². The van der Waals surface area contributed by atoms with Gasteiger partial charge in [-0.2, -0.15) is 4.39 Å². The first kappa shape index (κ1) is 4.63. The zero-order valence-electron chi connectivity index (χ0n) is 6.08. The zero-order chi connectivity index (χ0) is 8.59. The van der Waals surface area contributed by atoms with E-state index >= 15 is 0 Å². The lowest BCUT2D eigenvalue weighted by molar-refractivity contribution is 0.577. The molecule has 0 fully saturated rings. The van der Waals surface area contributed by atoms with Gasteiger partial charge in [0.05, 0.1) is 12.2 Å². The van der Waals surface area contributed by atoms with Crippen LogP contribution in [0.5, 0.6) is 0 Å². The molecule has 4 heteroatoms. The van der Waals surface area contributed by atoms with Crippen LogP contribution in [0, 0.1) is 5.95 Å². The molecule has 0 saturated heterocycles. The van der Waals surface area contributed by atoms with E-state index in [2.05, 4.69) is 20.9 Å². The first-order valence-electron chi connectivity index (χ1n) is 3.01. The Labute approximate surface area is 67.8 Å². The van der Waals surface area contributed by atoms with Crippen LogP contribution in [-0.2, 0) is 0 Å². The lowest BCUT2D eigenvalue weighted by atomic mass is 10.5. The topological polar surface area (TPSA) is 12.9 Å². The number of hydrogen-bond donors (Lipinski definition) is 0. The Morgan fingerprint density at radius 1 is 1.89 bits per heavy atom. The van der Waals surface area contributed by atoms with E-state index in [1.54, 1.807) is 0 Å². The molecule has 0 N–H and O–H groups in total. The monoisotopic (exact) mass is 211 g/mol. The van der Waals surface area contributed by atoms with E-state index in [0.29, 0.717) is 0 Å². The average molecular weight is 212 g/mol. The number of aromatic nitrogens is 1. The van der Waals surface area contributed by atoms with Gasteiger partial charge in [-0.05, 0) is 22.0 Å². The second kappa shape index (κ2) is 2.62. The van der Waals surface area contributed by atoms with Crippen molar-refractivity contribution in [3.05, 3.63) is 27.7 Å². The molecule has 0 aliphatic carbocycles. The summed E-state index contributed by atoms with van der Waals surface area (Å²) >= 11 is 8.19.